The molecular formula is C21H24N2O6. The van der Waals surface area contributed by atoms with E-state index in [1.165, 1.54) is 12.0 Å². The molecule has 1 aromatic carbocycles. The van der Waals surface area contributed by atoms with E-state index in [1.54, 1.807) is 57.6 Å². The molecule has 0 bridgehead atoms. The molecule has 1 aliphatic heterocycles. The Hall–Kier alpha value is -3.29. The van der Waals surface area contributed by atoms with Gasteiger partial charge in [0.15, 0.2) is 17.3 Å². The van der Waals surface area contributed by atoms with Crippen molar-refractivity contribution in [2.75, 3.05) is 21.0 Å². The molecule has 1 amide bonds. The zero-order valence-electron chi connectivity index (χ0n) is 17.4. The van der Waals surface area contributed by atoms with E-state index in [0.29, 0.717) is 39.6 Å². The van der Waals surface area contributed by atoms with E-state index < -0.39 is 12.0 Å². The van der Waals surface area contributed by atoms with Gasteiger partial charge in [-0.05, 0) is 44.5 Å². The van der Waals surface area contributed by atoms with Gasteiger partial charge in [0.05, 0.1) is 13.2 Å². The van der Waals surface area contributed by atoms with Crippen LogP contribution < -0.4 is 9.47 Å². The second-order valence-electron chi connectivity index (χ2n) is 7.01. The van der Waals surface area contributed by atoms with Crippen LogP contribution in [-0.4, -0.2) is 54.1 Å². The quantitative estimate of drug-likeness (QED) is 0.566. The second kappa shape index (κ2) is 7.62. The number of rotatable bonds is 5. The zero-order chi connectivity index (χ0) is 21.5. The highest BCUT2D eigenvalue weighted by Crippen LogP contribution is 2.33. The van der Waals surface area contributed by atoms with Crippen LogP contribution in [0.5, 0.6) is 11.5 Å². The van der Waals surface area contributed by atoms with Crippen LogP contribution in [0.3, 0.4) is 0 Å². The number of esters is 1. The van der Waals surface area contributed by atoms with E-state index in [1.807, 2.05) is 0 Å². The van der Waals surface area contributed by atoms with Gasteiger partial charge in [-0.25, -0.2) is 4.79 Å². The van der Waals surface area contributed by atoms with Gasteiger partial charge in [0.25, 0.3) is 5.91 Å². The van der Waals surface area contributed by atoms with Crippen LogP contribution in [0.1, 0.15) is 49.4 Å². The number of carbonyl (C=O) groups excluding carboxylic acids is 3. The molecule has 1 aliphatic rings. The molecule has 29 heavy (non-hydrogen) atoms. The van der Waals surface area contributed by atoms with Gasteiger partial charge in [-0.15, -0.1) is 0 Å². The number of hydrogen-bond donors (Lipinski definition) is 0. The maximum atomic E-state index is 13.2. The molecule has 1 atom stereocenters. The number of fused-ring (bicyclic) bond motifs is 1. The van der Waals surface area contributed by atoms with Gasteiger partial charge in [0.2, 0.25) is 6.79 Å². The number of likely N-dealkylation sites (N-methyl/N-ethyl adjacent to an activating group) is 1. The molecule has 8 nitrogen and oxygen atoms in total. The number of methoxy groups -OCH3 is 1. The third kappa shape index (κ3) is 3.35. The van der Waals surface area contributed by atoms with Crippen molar-refractivity contribution in [1.82, 2.24) is 9.47 Å². The summed E-state index contributed by atoms with van der Waals surface area (Å²) >= 11 is 0. The van der Waals surface area contributed by atoms with Crippen LogP contribution in [0.15, 0.2) is 18.2 Å². The Balaban J connectivity index is 1.88. The lowest BCUT2D eigenvalue weighted by Crippen LogP contribution is -2.40. The van der Waals surface area contributed by atoms with E-state index >= 15 is 0 Å². The number of nitrogens with zero attached hydrogens (tertiary/aromatic N) is 2. The van der Waals surface area contributed by atoms with E-state index in [9.17, 15) is 14.4 Å². The normalized spacial score (nSPS) is 13.2. The summed E-state index contributed by atoms with van der Waals surface area (Å²) in [6.07, 6.45) is 0. The SMILES string of the molecule is COC(=O)c1c(C)c(C(=O)C(C)N(C)C(=O)c2ccc3c(c2)OCO3)c(C)n1C. The summed E-state index contributed by atoms with van der Waals surface area (Å²) in [4.78, 5) is 39.6. The molecule has 1 aromatic heterocycles. The summed E-state index contributed by atoms with van der Waals surface area (Å²) in [5, 5.41) is 0. The lowest BCUT2D eigenvalue weighted by atomic mass is 9.99. The molecule has 3 rings (SSSR count). The van der Waals surface area contributed by atoms with Crippen molar-refractivity contribution in [2.24, 2.45) is 7.05 Å². The van der Waals surface area contributed by atoms with Crippen LogP contribution in [-0.2, 0) is 11.8 Å². The predicted octanol–water partition coefficient (Wildman–Crippen LogP) is 2.50. The van der Waals surface area contributed by atoms with E-state index in [2.05, 4.69) is 0 Å². The summed E-state index contributed by atoms with van der Waals surface area (Å²) in [6, 6.07) is 4.17. The molecule has 0 radical (unpaired) electrons. The van der Waals surface area contributed by atoms with Gasteiger partial charge in [-0.3, -0.25) is 9.59 Å². The Bertz CT molecular complexity index is 1010. The summed E-state index contributed by atoms with van der Waals surface area (Å²) in [5.41, 5.74) is 2.32. The highest BCUT2D eigenvalue weighted by atomic mass is 16.7. The van der Waals surface area contributed by atoms with Gasteiger partial charge in [0.1, 0.15) is 5.69 Å². The van der Waals surface area contributed by atoms with E-state index in [0.717, 1.165) is 0 Å². The Morgan fingerprint density at radius 3 is 2.48 bits per heavy atom. The number of Topliss-reactive ketones (excluding diaryl/α,β-unsaturated/α-hetero) is 1. The Labute approximate surface area is 169 Å². The number of benzene rings is 1. The molecular weight excluding hydrogens is 376 g/mol. The first-order chi connectivity index (χ1) is 13.7. The molecule has 0 fully saturated rings. The minimum absolute atomic E-state index is 0.118. The van der Waals surface area contributed by atoms with Crippen LogP contribution in [0.2, 0.25) is 0 Å². The number of aromatic nitrogens is 1. The first-order valence-electron chi connectivity index (χ1n) is 9.14. The van der Waals surface area contributed by atoms with Crippen LogP contribution in [0.25, 0.3) is 0 Å². The highest BCUT2D eigenvalue weighted by molar-refractivity contribution is 6.07. The Morgan fingerprint density at radius 2 is 1.83 bits per heavy atom. The summed E-state index contributed by atoms with van der Waals surface area (Å²) < 4.78 is 17.1. The number of ether oxygens (including phenoxy) is 3. The van der Waals surface area contributed by atoms with Crippen molar-refractivity contribution in [1.29, 1.82) is 0 Å². The molecule has 0 spiro atoms. The van der Waals surface area contributed by atoms with Crippen molar-refractivity contribution in [3.8, 4) is 11.5 Å². The van der Waals surface area contributed by atoms with Gasteiger partial charge in [0, 0.05) is 30.9 Å². The molecule has 0 saturated carbocycles. The van der Waals surface area contributed by atoms with Crippen LogP contribution in [0.4, 0.5) is 0 Å². The number of hydrogen-bond acceptors (Lipinski definition) is 6. The third-order valence-corrected chi connectivity index (χ3v) is 5.46. The van der Waals surface area contributed by atoms with E-state index in [-0.39, 0.29) is 18.5 Å². The second-order valence-corrected chi connectivity index (χ2v) is 7.01. The Kier molecular flexibility index (Phi) is 5.37. The highest BCUT2D eigenvalue weighted by Gasteiger charge is 2.31. The van der Waals surface area contributed by atoms with Crippen molar-refractivity contribution < 1.29 is 28.6 Å². The maximum absolute atomic E-state index is 13.2. The largest absolute Gasteiger partial charge is 0.464 e. The first-order valence-corrected chi connectivity index (χ1v) is 9.14. The average Bonchev–Trinajstić information content (AvgIpc) is 3.27. The molecule has 0 aliphatic carbocycles. The minimum atomic E-state index is -0.738. The topological polar surface area (TPSA) is 87.1 Å². The van der Waals surface area contributed by atoms with Gasteiger partial charge >= 0.3 is 5.97 Å². The fraction of sp³-hybridized carbons (Fsp3) is 0.381. The van der Waals surface area contributed by atoms with Gasteiger partial charge in [-0.1, -0.05) is 0 Å². The van der Waals surface area contributed by atoms with Crippen molar-refractivity contribution in [2.45, 2.75) is 26.8 Å². The predicted molar refractivity (Wildman–Crippen MR) is 105 cm³/mol. The number of carbonyl (C=O) groups is 3. The zero-order valence-corrected chi connectivity index (χ0v) is 17.4. The van der Waals surface area contributed by atoms with Crippen LogP contribution in [0, 0.1) is 13.8 Å². The lowest BCUT2D eigenvalue weighted by Gasteiger charge is -2.24. The maximum Gasteiger partial charge on any atom is 0.354 e. The molecule has 1 unspecified atom stereocenters. The lowest BCUT2D eigenvalue weighted by molar-refractivity contribution is 0.0588. The van der Waals surface area contributed by atoms with Gasteiger partial charge in [-0.2, -0.15) is 0 Å². The monoisotopic (exact) mass is 400 g/mol. The third-order valence-electron chi connectivity index (χ3n) is 5.46. The van der Waals surface area contributed by atoms with Crippen molar-refractivity contribution in [3.63, 3.8) is 0 Å². The van der Waals surface area contributed by atoms with Crippen LogP contribution >= 0.6 is 0 Å². The van der Waals surface area contributed by atoms with Crippen molar-refractivity contribution in [3.05, 3.63) is 46.3 Å². The summed E-state index contributed by atoms with van der Waals surface area (Å²) in [6.45, 7) is 5.25. The van der Waals surface area contributed by atoms with Crippen molar-refractivity contribution >= 4 is 17.7 Å². The molecule has 0 N–H and O–H groups in total. The molecule has 2 aromatic rings. The molecule has 0 saturated heterocycles. The Morgan fingerprint density at radius 1 is 1.17 bits per heavy atom. The average molecular weight is 400 g/mol. The number of ketones is 1. The standard InChI is InChI=1S/C21H24N2O6/c1-11-17(12(2)22(4)18(11)21(26)27-6)19(24)13(3)23(5)20(25)14-7-8-15-16(9-14)29-10-28-15/h7-9,13H,10H2,1-6H3. The first kappa shape index (κ1) is 20.4. The number of amides is 1. The van der Waals surface area contributed by atoms with E-state index in [4.69, 9.17) is 14.2 Å². The molecule has 8 heteroatoms. The minimum Gasteiger partial charge on any atom is -0.464 e. The summed E-state index contributed by atoms with van der Waals surface area (Å²) in [5.74, 6) is 0.00965. The fourth-order valence-electron chi connectivity index (χ4n) is 3.52. The molecule has 2 heterocycles. The van der Waals surface area contributed by atoms with Gasteiger partial charge < -0.3 is 23.7 Å². The summed E-state index contributed by atoms with van der Waals surface area (Å²) in [7, 11) is 4.58. The molecule has 154 valence electrons. The fourth-order valence-corrected chi connectivity index (χ4v) is 3.52. The smallest absolute Gasteiger partial charge is 0.354 e.